The first-order chi connectivity index (χ1) is 7.70. The summed E-state index contributed by atoms with van der Waals surface area (Å²) in [5.74, 6) is 0. The summed E-state index contributed by atoms with van der Waals surface area (Å²) in [5.41, 5.74) is 1.41. The van der Waals surface area contributed by atoms with Crippen molar-refractivity contribution in [2.45, 2.75) is 19.9 Å². The molecule has 1 fully saturated rings. The molecule has 2 rings (SSSR count). The molecule has 2 aliphatic rings. The maximum atomic E-state index is 2.50. The van der Waals surface area contributed by atoms with Gasteiger partial charge in [-0.25, -0.2) is 0 Å². The van der Waals surface area contributed by atoms with Crippen LogP contribution in [0.3, 0.4) is 0 Å². The quantitative estimate of drug-likeness (QED) is 0.697. The van der Waals surface area contributed by atoms with Crippen LogP contribution in [0.15, 0.2) is 24.0 Å². The van der Waals surface area contributed by atoms with Crippen molar-refractivity contribution in [1.82, 2.24) is 14.7 Å². The monoisotopic (exact) mass is 221 g/mol. The summed E-state index contributed by atoms with van der Waals surface area (Å²) in [6.45, 7) is 10.2. The van der Waals surface area contributed by atoms with E-state index in [0.717, 1.165) is 19.6 Å². The number of rotatable bonds is 2. The Bertz CT molecular complexity index is 288. The zero-order valence-corrected chi connectivity index (χ0v) is 10.7. The predicted octanol–water partition coefficient (Wildman–Crippen LogP) is 1.36. The highest BCUT2D eigenvalue weighted by Crippen LogP contribution is 2.17. The van der Waals surface area contributed by atoms with Crippen LogP contribution in [0.5, 0.6) is 0 Å². The Balaban J connectivity index is 1.98. The molecular formula is C13H23N3. The van der Waals surface area contributed by atoms with Crippen LogP contribution in [0.25, 0.3) is 0 Å². The lowest BCUT2D eigenvalue weighted by Crippen LogP contribution is -2.44. The Morgan fingerprint density at radius 3 is 2.50 bits per heavy atom. The molecule has 2 aliphatic heterocycles. The van der Waals surface area contributed by atoms with Gasteiger partial charge in [-0.2, -0.15) is 0 Å². The van der Waals surface area contributed by atoms with Gasteiger partial charge in [0.15, 0.2) is 0 Å². The fourth-order valence-electron chi connectivity index (χ4n) is 2.38. The summed E-state index contributed by atoms with van der Waals surface area (Å²) in [5, 5.41) is 0. The molecule has 3 nitrogen and oxygen atoms in total. The summed E-state index contributed by atoms with van der Waals surface area (Å²) >= 11 is 0. The predicted molar refractivity (Wildman–Crippen MR) is 68.1 cm³/mol. The molecule has 0 radical (unpaired) electrons. The molecular weight excluding hydrogens is 198 g/mol. The molecule has 0 saturated carbocycles. The summed E-state index contributed by atoms with van der Waals surface area (Å²) in [4.78, 5) is 7.25. The summed E-state index contributed by atoms with van der Waals surface area (Å²) in [7, 11) is 2.20. The first-order valence-corrected chi connectivity index (χ1v) is 6.30. The van der Waals surface area contributed by atoms with E-state index in [1.165, 1.54) is 18.8 Å². The third kappa shape index (κ3) is 2.40. The van der Waals surface area contributed by atoms with Crippen LogP contribution in [0.1, 0.15) is 13.8 Å². The number of allylic oxidation sites excluding steroid dienone is 1. The Morgan fingerprint density at radius 2 is 1.94 bits per heavy atom. The van der Waals surface area contributed by atoms with Crippen molar-refractivity contribution in [2.75, 3.05) is 39.8 Å². The summed E-state index contributed by atoms with van der Waals surface area (Å²) < 4.78 is 0. The van der Waals surface area contributed by atoms with Gasteiger partial charge in [-0.05, 0) is 33.0 Å². The van der Waals surface area contributed by atoms with E-state index in [-0.39, 0.29) is 0 Å². The third-order valence-electron chi connectivity index (χ3n) is 3.61. The van der Waals surface area contributed by atoms with Gasteiger partial charge in [0.25, 0.3) is 0 Å². The molecule has 0 aromatic heterocycles. The van der Waals surface area contributed by atoms with Crippen LogP contribution < -0.4 is 0 Å². The molecule has 90 valence electrons. The lowest BCUT2D eigenvalue weighted by Gasteiger charge is -2.37. The molecule has 0 amide bonds. The van der Waals surface area contributed by atoms with Crippen molar-refractivity contribution in [2.24, 2.45) is 0 Å². The van der Waals surface area contributed by atoms with Gasteiger partial charge in [0.1, 0.15) is 0 Å². The Morgan fingerprint density at radius 1 is 1.25 bits per heavy atom. The standard InChI is InChI=1S/C13H23N3/c1-4-15-6-5-13(11-12(15)2)16-9-7-14(3)8-10-16/h5-6,11-12H,4,7-10H2,1-3H3. The molecule has 1 saturated heterocycles. The average Bonchev–Trinajstić information content (AvgIpc) is 2.30. The highest BCUT2D eigenvalue weighted by Gasteiger charge is 2.18. The number of hydrogen-bond acceptors (Lipinski definition) is 3. The SMILES string of the molecule is CCN1C=CC(N2CCN(C)CC2)=CC1C. The lowest BCUT2D eigenvalue weighted by molar-refractivity contribution is 0.186. The Labute approximate surface area is 99.0 Å². The largest absolute Gasteiger partial charge is 0.371 e. The zero-order valence-electron chi connectivity index (χ0n) is 10.7. The van der Waals surface area contributed by atoms with Crippen LogP contribution in [-0.2, 0) is 0 Å². The van der Waals surface area contributed by atoms with Gasteiger partial charge in [-0.1, -0.05) is 0 Å². The number of piperazine rings is 1. The molecule has 0 aromatic carbocycles. The molecule has 0 spiro atoms. The van der Waals surface area contributed by atoms with E-state index in [2.05, 4.69) is 53.9 Å². The van der Waals surface area contributed by atoms with Crippen LogP contribution in [0, 0.1) is 0 Å². The highest BCUT2D eigenvalue weighted by molar-refractivity contribution is 5.24. The maximum Gasteiger partial charge on any atom is 0.0461 e. The van der Waals surface area contributed by atoms with E-state index < -0.39 is 0 Å². The van der Waals surface area contributed by atoms with Gasteiger partial charge < -0.3 is 14.7 Å². The fraction of sp³-hybridized carbons (Fsp3) is 0.692. The van der Waals surface area contributed by atoms with Crippen molar-refractivity contribution in [1.29, 1.82) is 0 Å². The van der Waals surface area contributed by atoms with E-state index in [0.29, 0.717) is 6.04 Å². The maximum absolute atomic E-state index is 2.50. The smallest absolute Gasteiger partial charge is 0.0461 e. The summed E-state index contributed by atoms with van der Waals surface area (Å²) in [6.07, 6.45) is 6.88. The number of likely N-dealkylation sites (N-methyl/N-ethyl adjacent to an activating group) is 2. The van der Waals surface area contributed by atoms with E-state index in [9.17, 15) is 0 Å². The van der Waals surface area contributed by atoms with E-state index >= 15 is 0 Å². The van der Waals surface area contributed by atoms with Crippen LogP contribution in [0.2, 0.25) is 0 Å². The normalized spacial score (nSPS) is 27.2. The van der Waals surface area contributed by atoms with Gasteiger partial charge in [-0.3, -0.25) is 0 Å². The molecule has 1 atom stereocenters. The van der Waals surface area contributed by atoms with Crippen LogP contribution >= 0.6 is 0 Å². The summed E-state index contributed by atoms with van der Waals surface area (Å²) in [6, 6.07) is 0.532. The topological polar surface area (TPSA) is 9.72 Å². The van der Waals surface area contributed by atoms with E-state index in [1.807, 2.05) is 0 Å². The first-order valence-electron chi connectivity index (χ1n) is 6.30. The fourth-order valence-corrected chi connectivity index (χ4v) is 2.38. The lowest BCUT2D eigenvalue weighted by atomic mass is 10.1. The Kier molecular flexibility index (Phi) is 3.54. The van der Waals surface area contributed by atoms with Crippen molar-refractivity contribution in [3.8, 4) is 0 Å². The molecule has 1 unspecified atom stereocenters. The molecule has 16 heavy (non-hydrogen) atoms. The van der Waals surface area contributed by atoms with Crippen LogP contribution in [0.4, 0.5) is 0 Å². The van der Waals surface area contributed by atoms with Gasteiger partial charge in [-0.15, -0.1) is 0 Å². The van der Waals surface area contributed by atoms with Gasteiger partial charge in [0, 0.05) is 50.7 Å². The van der Waals surface area contributed by atoms with Crippen LogP contribution in [-0.4, -0.2) is 60.5 Å². The average molecular weight is 221 g/mol. The molecule has 0 aliphatic carbocycles. The van der Waals surface area contributed by atoms with Gasteiger partial charge >= 0.3 is 0 Å². The second-order valence-electron chi connectivity index (χ2n) is 4.77. The van der Waals surface area contributed by atoms with Gasteiger partial charge in [0.05, 0.1) is 0 Å². The van der Waals surface area contributed by atoms with Crippen molar-refractivity contribution in [3.05, 3.63) is 24.0 Å². The molecule has 3 heteroatoms. The van der Waals surface area contributed by atoms with Crippen molar-refractivity contribution in [3.63, 3.8) is 0 Å². The van der Waals surface area contributed by atoms with E-state index in [4.69, 9.17) is 0 Å². The number of nitrogens with zero attached hydrogens (tertiary/aromatic N) is 3. The minimum absolute atomic E-state index is 0.532. The second-order valence-corrected chi connectivity index (χ2v) is 4.77. The molecule has 2 heterocycles. The van der Waals surface area contributed by atoms with Gasteiger partial charge in [0.2, 0.25) is 0 Å². The first kappa shape index (κ1) is 11.5. The highest BCUT2D eigenvalue weighted by atomic mass is 15.3. The Hall–Kier alpha value is -0.960. The second kappa shape index (κ2) is 4.91. The molecule has 0 aromatic rings. The van der Waals surface area contributed by atoms with Crippen molar-refractivity contribution < 1.29 is 0 Å². The molecule has 0 bridgehead atoms. The molecule has 0 N–H and O–H groups in total. The minimum atomic E-state index is 0.532. The number of hydrogen-bond donors (Lipinski definition) is 0. The minimum Gasteiger partial charge on any atom is -0.371 e. The van der Waals surface area contributed by atoms with E-state index in [1.54, 1.807) is 0 Å². The van der Waals surface area contributed by atoms with Crippen molar-refractivity contribution >= 4 is 0 Å². The third-order valence-corrected chi connectivity index (χ3v) is 3.61. The zero-order chi connectivity index (χ0) is 11.5.